The number of carbonyl (C=O) groups excluding carboxylic acids is 1. The first-order valence-corrected chi connectivity index (χ1v) is 11.1. The van der Waals surface area contributed by atoms with Crippen molar-refractivity contribution >= 4 is 34.2 Å². The summed E-state index contributed by atoms with van der Waals surface area (Å²) in [7, 11) is 1.92. The van der Waals surface area contributed by atoms with Gasteiger partial charge in [0.1, 0.15) is 17.7 Å². The number of fused-ring (bicyclic) bond motifs is 3. The predicted octanol–water partition coefficient (Wildman–Crippen LogP) is 3.32. The van der Waals surface area contributed by atoms with E-state index in [1.165, 1.54) is 11.8 Å². The smallest absolute Gasteiger partial charge is 0.231 e. The van der Waals surface area contributed by atoms with Gasteiger partial charge in [0.15, 0.2) is 10.8 Å². The van der Waals surface area contributed by atoms with E-state index in [0.29, 0.717) is 11.0 Å². The number of aryl methyl sites for hydroxylation is 2. The van der Waals surface area contributed by atoms with Gasteiger partial charge in [0.05, 0.1) is 11.3 Å². The van der Waals surface area contributed by atoms with Gasteiger partial charge in [-0.05, 0) is 24.6 Å². The van der Waals surface area contributed by atoms with Gasteiger partial charge in [0.25, 0.3) is 0 Å². The number of aromatic nitrogens is 6. The lowest BCUT2D eigenvalue weighted by molar-refractivity contribution is -0.119. The van der Waals surface area contributed by atoms with Crippen LogP contribution in [0.1, 0.15) is 23.3 Å². The molecule has 32 heavy (non-hydrogen) atoms. The number of para-hydroxylation sites is 1. The maximum Gasteiger partial charge on any atom is 0.231 e. The van der Waals surface area contributed by atoms with Crippen LogP contribution in [-0.4, -0.2) is 40.8 Å². The van der Waals surface area contributed by atoms with Crippen molar-refractivity contribution < 1.29 is 4.79 Å². The lowest BCUT2D eigenvalue weighted by atomic mass is 10.1. The van der Waals surface area contributed by atoms with Crippen molar-refractivity contribution in [1.82, 2.24) is 34.4 Å². The summed E-state index contributed by atoms with van der Waals surface area (Å²) in [4.78, 5) is 26.7. The SMILES string of the molecule is Cc1nc2c3ccccc3nc(SCC(=O)N[C@@H](c3ccccc3)c3nccn3C)n2n1. The molecule has 160 valence electrons. The number of rotatable bonds is 6. The first-order valence-electron chi connectivity index (χ1n) is 10.2. The van der Waals surface area contributed by atoms with E-state index in [-0.39, 0.29) is 17.7 Å². The molecular weight excluding hydrogens is 422 g/mol. The summed E-state index contributed by atoms with van der Waals surface area (Å²) in [5.41, 5.74) is 2.54. The van der Waals surface area contributed by atoms with Crippen molar-refractivity contribution in [3.63, 3.8) is 0 Å². The maximum absolute atomic E-state index is 13.0. The van der Waals surface area contributed by atoms with Crippen molar-refractivity contribution in [1.29, 1.82) is 0 Å². The Kier molecular flexibility index (Phi) is 5.32. The van der Waals surface area contributed by atoms with Crippen molar-refractivity contribution in [2.24, 2.45) is 7.05 Å². The van der Waals surface area contributed by atoms with Gasteiger partial charge in [-0.2, -0.15) is 4.52 Å². The molecule has 8 nitrogen and oxygen atoms in total. The zero-order valence-corrected chi connectivity index (χ0v) is 18.5. The van der Waals surface area contributed by atoms with Crippen molar-refractivity contribution in [3.8, 4) is 0 Å². The molecule has 3 heterocycles. The Morgan fingerprint density at radius 2 is 1.88 bits per heavy atom. The van der Waals surface area contributed by atoms with E-state index in [0.717, 1.165) is 27.9 Å². The van der Waals surface area contributed by atoms with Gasteiger partial charge < -0.3 is 9.88 Å². The second kappa shape index (κ2) is 8.43. The molecule has 3 aromatic heterocycles. The number of benzene rings is 2. The summed E-state index contributed by atoms with van der Waals surface area (Å²) in [6.45, 7) is 1.85. The number of hydrogen-bond donors (Lipinski definition) is 1. The van der Waals surface area contributed by atoms with Crippen molar-refractivity contribution in [2.75, 3.05) is 5.75 Å². The third-order valence-corrected chi connectivity index (χ3v) is 6.07. The largest absolute Gasteiger partial charge is 0.341 e. The third-order valence-electron chi connectivity index (χ3n) is 5.14. The van der Waals surface area contributed by atoms with Crippen molar-refractivity contribution in [3.05, 3.63) is 84.2 Å². The molecule has 0 unspecified atom stereocenters. The van der Waals surface area contributed by atoms with Crippen LogP contribution in [0.3, 0.4) is 0 Å². The molecule has 1 atom stereocenters. The second-order valence-electron chi connectivity index (χ2n) is 7.40. The molecule has 0 spiro atoms. The molecule has 2 aromatic carbocycles. The standard InChI is InChI=1S/C23H21N7OS/c1-15-25-21-17-10-6-7-11-18(17)26-23(30(21)28-15)32-14-19(31)27-20(16-8-4-3-5-9-16)22-24-12-13-29(22)2/h3-13,20H,14H2,1-2H3,(H,27,31)/t20-/m0/s1. The van der Waals surface area contributed by atoms with Crippen LogP contribution in [0.5, 0.6) is 0 Å². The van der Waals surface area contributed by atoms with E-state index in [2.05, 4.69) is 20.4 Å². The van der Waals surface area contributed by atoms with Gasteiger partial charge in [0.2, 0.25) is 5.91 Å². The monoisotopic (exact) mass is 443 g/mol. The quantitative estimate of drug-likeness (QED) is 0.320. The fourth-order valence-electron chi connectivity index (χ4n) is 3.66. The minimum absolute atomic E-state index is 0.119. The molecule has 0 aliphatic heterocycles. The Hall–Kier alpha value is -3.72. The average molecular weight is 444 g/mol. The molecular formula is C23H21N7OS. The van der Waals surface area contributed by atoms with Gasteiger partial charge in [-0.3, -0.25) is 4.79 Å². The number of nitrogens with zero attached hydrogens (tertiary/aromatic N) is 6. The summed E-state index contributed by atoms with van der Waals surface area (Å²) in [6.07, 6.45) is 3.60. The number of carbonyl (C=O) groups is 1. The fourth-order valence-corrected chi connectivity index (χ4v) is 4.41. The Morgan fingerprint density at radius 1 is 1.09 bits per heavy atom. The Bertz CT molecular complexity index is 1410. The highest BCUT2D eigenvalue weighted by atomic mass is 32.2. The van der Waals surface area contributed by atoms with E-state index in [4.69, 9.17) is 4.98 Å². The average Bonchev–Trinajstić information content (AvgIpc) is 3.41. The van der Waals surface area contributed by atoms with Gasteiger partial charge >= 0.3 is 0 Å². The van der Waals surface area contributed by atoms with E-state index >= 15 is 0 Å². The summed E-state index contributed by atoms with van der Waals surface area (Å²) in [6, 6.07) is 17.3. The Labute approximate surface area is 188 Å². The Balaban J connectivity index is 1.40. The van der Waals surface area contributed by atoms with Gasteiger partial charge in [-0.25, -0.2) is 15.0 Å². The molecule has 0 saturated heterocycles. The fraction of sp³-hybridized carbons (Fsp3) is 0.174. The molecule has 0 aliphatic carbocycles. The number of thioether (sulfide) groups is 1. The molecule has 0 saturated carbocycles. The number of amides is 1. The summed E-state index contributed by atoms with van der Waals surface area (Å²) in [5, 5.41) is 9.16. The second-order valence-corrected chi connectivity index (χ2v) is 8.34. The zero-order chi connectivity index (χ0) is 22.1. The van der Waals surface area contributed by atoms with Crippen LogP contribution in [-0.2, 0) is 11.8 Å². The number of nitrogens with one attached hydrogen (secondary N) is 1. The lowest BCUT2D eigenvalue weighted by Crippen LogP contribution is -2.32. The maximum atomic E-state index is 13.0. The highest BCUT2D eigenvalue weighted by Crippen LogP contribution is 2.25. The normalized spacial score (nSPS) is 12.3. The van der Waals surface area contributed by atoms with Crippen LogP contribution >= 0.6 is 11.8 Å². The molecule has 5 aromatic rings. The minimum Gasteiger partial charge on any atom is -0.341 e. The third kappa shape index (κ3) is 3.82. The summed E-state index contributed by atoms with van der Waals surface area (Å²) >= 11 is 1.33. The molecule has 0 radical (unpaired) electrons. The van der Waals surface area contributed by atoms with Crippen molar-refractivity contribution in [2.45, 2.75) is 18.1 Å². The summed E-state index contributed by atoms with van der Waals surface area (Å²) < 4.78 is 3.63. The van der Waals surface area contributed by atoms with Crippen LogP contribution in [0.2, 0.25) is 0 Å². The van der Waals surface area contributed by atoms with E-state index in [1.807, 2.05) is 79.3 Å². The van der Waals surface area contributed by atoms with E-state index in [1.54, 1.807) is 10.7 Å². The predicted molar refractivity (Wildman–Crippen MR) is 123 cm³/mol. The molecule has 1 amide bonds. The highest BCUT2D eigenvalue weighted by Gasteiger charge is 2.21. The van der Waals surface area contributed by atoms with Gasteiger partial charge in [-0.1, -0.05) is 54.2 Å². The molecule has 0 bridgehead atoms. The topological polar surface area (TPSA) is 90.0 Å². The van der Waals surface area contributed by atoms with E-state index in [9.17, 15) is 4.79 Å². The lowest BCUT2D eigenvalue weighted by Gasteiger charge is -2.19. The number of imidazole rings is 1. The van der Waals surface area contributed by atoms with Crippen LogP contribution in [0.4, 0.5) is 0 Å². The van der Waals surface area contributed by atoms with Crippen LogP contribution in [0.15, 0.2) is 72.1 Å². The molecule has 9 heteroatoms. The van der Waals surface area contributed by atoms with Crippen LogP contribution in [0.25, 0.3) is 16.6 Å². The van der Waals surface area contributed by atoms with Crippen LogP contribution in [0, 0.1) is 6.92 Å². The van der Waals surface area contributed by atoms with Gasteiger partial charge in [-0.15, -0.1) is 5.10 Å². The first-order chi connectivity index (χ1) is 15.6. The zero-order valence-electron chi connectivity index (χ0n) is 17.6. The van der Waals surface area contributed by atoms with Gasteiger partial charge in [0, 0.05) is 24.8 Å². The number of hydrogen-bond acceptors (Lipinski definition) is 6. The minimum atomic E-state index is -0.345. The molecule has 0 aliphatic rings. The highest BCUT2D eigenvalue weighted by molar-refractivity contribution is 7.99. The Morgan fingerprint density at radius 3 is 2.66 bits per heavy atom. The molecule has 1 N–H and O–H groups in total. The van der Waals surface area contributed by atoms with E-state index < -0.39 is 0 Å². The molecule has 5 rings (SSSR count). The first kappa shape index (κ1) is 20.2. The molecule has 0 fully saturated rings. The van der Waals surface area contributed by atoms with Crippen LogP contribution < -0.4 is 5.32 Å². The summed E-state index contributed by atoms with van der Waals surface area (Å²) in [5.74, 6) is 1.50.